The van der Waals surface area contributed by atoms with Crippen LogP contribution in [-0.2, 0) is 4.79 Å². The van der Waals surface area contributed by atoms with Gasteiger partial charge in [0.2, 0.25) is 0 Å². The Morgan fingerprint density at radius 1 is 1.30 bits per heavy atom. The minimum atomic E-state index is -0.709. The fraction of sp³-hybridized carbons (Fsp3) is 0.588. The molecule has 0 bridgehead atoms. The number of nitrogens with zero attached hydrogens (tertiary/aromatic N) is 1. The summed E-state index contributed by atoms with van der Waals surface area (Å²) in [6, 6.07) is 10.5. The van der Waals surface area contributed by atoms with Gasteiger partial charge in [-0.3, -0.25) is 9.69 Å². The topological polar surface area (TPSA) is 40.5 Å². The van der Waals surface area contributed by atoms with E-state index >= 15 is 0 Å². The molecule has 0 amide bonds. The molecule has 0 radical (unpaired) electrons. The van der Waals surface area contributed by atoms with Crippen LogP contribution in [0.3, 0.4) is 0 Å². The third kappa shape index (κ3) is 3.60. The molecule has 110 valence electrons. The van der Waals surface area contributed by atoms with E-state index in [1.165, 1.54) is 5.56 Å². The van der Waals surface area contributed by atoms with E-state index in [-0.39, 0.29) is 12.5 Å². The van der Waals surface area contributed by atoms with E-state index in [4.69, 9.17) is 5.11 Å². The van der Waals surface area contributed by atoms with Gasteiger partial charge in [0, 0.05) is 25.6 Å². The molecule has 0 saturated carbocycles. The van der Waals surface area contributed by atoms with E-state index in [0.29, 0.717) is 17.8 Å². The van der Waals surface area contributed by atoms with Gasteiger partial charge in [0.05, 0.1) is 0 Å². The lowest BCUT2D eigenvalue weighted by Gasteiger charge is -2.50. The molecule has 0 spiro atoms. The molecule has 1 heterocycles. The number of hydrogen-bond donors (Lipinski definition) is 1. The number of aliphatic carboxylic acids is 1. The van der Waals surface area contributed by atoms with Gasteiger partial charge in [0.15, 0.2) is 0 Å². The predicted molar refractivity (Wildman–Crippen MR) is 80.6 cm³/mol. The Morgan fingerprint density at radius 2 is 1.90 bits per heavy atom. The molecule has 20 heavy (non-hydrogen) atoms. The van der Waals surface area contributed by atoms with Gasteiger partial charge in [-0.05, 0) is 23.3 Å². The molecule has 3 nitrogen and oxygen atoms in total. The van der Waals surface area contributed by atoms with E-state index in [2.05, 4.69) is 37.8 Å². The minimum absolute atomic E-state index is 0.232. The van der Waals surface area contributed by atoms with Crippen molar-refractivity contribution in [2.75, 3.05) is 13.1 Å². The van der Waals surface area contributed by atoms with Crippen LogP contribution in [0, 0.1) is 11.3 Å². The quantitative estimate of drug-likeness (QED) is 0.893. The van der Waals surface area contributed by atoms with Crippen LogP contribution in [0.1, 0.15) is 45.2 Å². The van der Waals surface area contributed by atoms with Gasteiger partial charge in [-0.15, -0.1) is 0 Å². The normalized spacial score (nSPS) is 18.6. The molecular formula is C17H25NO2. The maximum absolute atomic E-state index is 10.9. The highest BCUT2D eigenvalue weighted by molar-refractivity contribution is 5.66. The van der Waals surface area contributed by atoms with Crippen molar-refractivity contribution in [3.63, 3.8) is 0 Å². The monoisotopic (exact) mass is 275 g/mol. The van der Waals surface area contributed by atoms with Gasteiger partial charge in [0.25, 0.3) is 0 Å². The summed E-state index contributed by atoms with van der Waals surface area (Å²) in [5, 5.41) is 8.94. The van der Waals surface area contributed by atoms with Crippen LogP contribution in [0.2, 0.25) is 0 Å². The highest BCUT2D eigenvalue weighted by atomic mass is 16.4. The maximum Gasteiger partial charge on any atom is 0.303 e. The van der Waals surface area contributed by atoms with E-state index in [1.54, 1.807) is 0 Å². The lowest BCUT2D eigenvalue weighted by molar-refractivity contribution is -0.137. The van der Waals surface area contributed by atoms with Gasteiger partial charge >= 0.3 is 5.97 Å². The summed E-state index contributed by atoms with van der Waals surface area (Å²) < 4.78 is 0. The number of hydrogen-bond acceptors (Lipinski definition) is 2. The zero-order chi connectivity index (χ0) is 14.8. The minimum Gasteiger partial charge on any atom is -0.481 e. The Morgan fingerprint density at radius 3 is 2.40 bits per heavy atom. The summed E-state index contributed by atoms with van der Waals surface area (Å²) in [6.45, 7) is 8.99. The zero-order valence-corrected chi connectivity index (χ0v) is 12.7. The SMILES string of the molecule is CC(C)(C)C1CN(C(CCC(=O)O)c2ccccc2)C1. The van der Waals surface area contributed by atoms with Crippen LogP contribution >= 0.6 is 0 Å². The fourth-order valence-electron chi connectivity index (χ4n) is 2.81. The molecule has 1 aromatic rings. The van der Waals surface area contributed by atoms with Crippen molar-refractivity contribution in [3.8, 4) is 0 Å². The smallest absolute Gasteiger partial charge is 0.303 e. The van der Waals surface area contributed by atoms with Crippen LogP contribution < -0.4 is 0 Å². The van der Waals surface area contributed by atoms with E-state index in [1.807, 2.05) is 18.2 Å². The summed E-state index contributed by atoms with van der Waals surface area (Å²) in [7, 11) is 0. The van der Waals surface area contributed by atoms with E-state index < -0.39 is 5.97 Å². The molecule has 3 heteroatoms. The first-order valence-corrected chi connectivity index (χ1v) is 7.38. The molecule has 1 atom stereocenters. The number of carbonyl (C=O) groups is 1. The van der Waals surface area contributed by atoms with Gasteiger partial charge in [0.1, 0.15) is 0 Å². The van der Waals surface area contributed by atoms with Crippen LogP contribution in [0.4, 0.5) is 0 Å². The van der Waals surface area contributed by atoms with Gasteiger partial charge < -0.3 is 5.11 Å². The molecule has 1 aliphatic heterocycles. The lowest BCUT2D eigenvalue weighted by atomic mass is 9.75. The molecule has 1 unspecified atom stereocenters. The van der Waals surface area contributed by atoms with E-state index in [0.717, 1.165) is 13.1 Å². The lowest BCUT2D eigenvalue weighted by Crippen LogP contribution is -2.53. The molecule has 1 saturated heterocycles. The van der Waals surface area contributed by atoms with Gasteiger partial charge in [-0.2, -0.15) is 0 Å². The summed E-state index contributed by atoms with van der Waals surface area (Å²) >= 11 is 0. The molecule has 0 aliphatic carbocycles. The van der Waals surface area contributed by atoms with Crippen molar-refractivity contribution in [3.05, 3.63) is 35.9 Å². The van der Waals surface area contributed by atoms with Crippen molar-refractivity contribution in [2.45, 2.75) is 39.7 Å². The Kier molecular flexibility index (Phi) is 4.48. The van der Waals surface area contributed by atoms with Gasteiger partial charge in [-0.1, -0.05) is 51.1 Å². The van der Waals surface area contributed by atoms with Crippen molar-refractivity contribution in [2.24, 2.45) is 11.3 Å². The first-order valence-electron chi connectivity index (χ1n) is 7.38. The second-order valence-corrected chi connectivity index (χ2v) is 6.88. The number of carboxylic acid groups (broad SMARTS) is 1. The molecule has 1 fully saturated rings. The first-order chi connectivity index (χ1) is 9.38. The van der Waals surface area contributed by atoms with Crippen LogP contribution in [0.5, 0.6) is 0 Å². The number of likely N-dealkylation sites (tertiary alicyclic amines) is 1. The predicted octanol–water partition coefficient (Wildman–Crippen LogP) is 3.57. The second kappa shape index (κ2) is 5.96. The van der Waals surface area contributed by atoms with Crippen molar-refractivity contribution in [1.29, 1.82) is 0 Å². The summed E-state index contributed by atoms with van der Waals surface area (Å²) in [5.41, 5.74) is 1.57. The average molecular weight is 275 g/mol. The zero-order valence-electron chi connectivity index (χ0n) is 12.7. The molecular weight excluding hydrogens is 250 g/mol. The highest BCUT2D eigenvalue weighted by Crippen LogP contribution is 2.39. The first kappa shape index (κ1) is 15.0. The Hall–Kier alpha value is -1.35. The summed E-state index contributed by atoms with van der Waals surface area (Å²) in [5.74, 6) is -0.00244. The third-order valence-electron chi connectivity index (χ3n) is 4.39. The number of benzene rings is 1. The Bertz CT molecular complexity index is 444. The summed E-state index contributed by atoms with van der Waals surface area (Å²) in [6.07, 6.45) is 0.923. The van der Waals surface area contributed by atoms with Crippen molar-refractivity contribution >= 4 is 5.97 Å². The average Bonchev–Trinajstić information content (AvgIpc) is 2.30. The molecule has 1 N–H and O–H groups in total. The largest absolute Gasteiger partial charge is 0.481 e. The van der Waals surface area contributed by atoms with Crippen LogP contribution in [0.15, 0.2) is 30.3 Å². The standard InChI is InChI=1S/C17H25NO2/c1-17(2,3)14-11-18(12-14)15(9-10-16(19)20)13-7-5-4-6-8-13/h4-8,14-15H,9-12H2,1-3H3,(H,19,20). The second-order valence-electron chi connectivity index (χ2n) is 6.88. The maximum atomic E-state index is 10.9. The van der Waals surface area contributed by atoms with Crippen LogP contribution in [-0.4, -0.2) is 29.1 Å². The van der Waals surface area contributed by atoms with Gasteiger partial charge in [-0.25, -0.2) is 0 Å². The van der Waals surface area contributed by atoms with Crippen molar-refractivity contribution < 1.29 is 9.90 Å². The van der Waals surface area contributed by atoms with Crippen LogP contribution in [0.25, 0.3) is 0 Å². The number of carboxylic acids is 1. The third-order valence-corrected chi connectivity index (χ3v) is 4.39. The van der Waals surface area contributed by atoms with E-state index in [9.17, 15) is 4.79 Å². The Labute approximate surface area is 121 Å². The number of rotatable bonds is 5. The highest BCUT2D eigenvalue weighted by Gasteiger charge is 2.39. The fourth-order valence-corrected chi connectivity index (χ4v) is 2.81. The Balaban J connectivity index is 2.03. The molecule has 1 aromatic carbocycles. The molecule has 0 aromatic heterocycles. The molecule has 1 aliphatic rings. The summed E-state index contributed by atoms with van der Waals surface area (Å²) in [4.78, 5) is 13.3. The van der Waals surface area contributed by atoms with Crippen molar-refractivity contribution in [1.82, 2.24) is 4.90 Å². The molecule has 2 rings (SSSR count).